The van der Waals surface area contributed by atoms with Gasteiger partial charge in [-0.15, -0.1) is 11.8 Å². The molecule has 2 N–H and O–H groups in total. The number of aromatic amines is 2. The highest BCUT2D eigenvalue weighted by molar-refractivity contribution is 7.98. The second-order valence-corrected chi connectivity index (χ2v) is 4.76. The van der Waals surface area contributed by atoms with E-state index in [-0.39, 0.29) is 5.69 Å². The Morgan fingerprint density at radius 1 is 1.31 bits per heavy atom. The normalized spacial score (nSPS) is 10.6. The van der Waals surface area contributed by atoms with Gasteiger partial charge in [0.05, 0.1) is 15.8 Å². The Labute approximate surface area is 105 Å². The van der Waals surface area contributed by atoms with E-state index < -0.39 is 0 Å². The topological polar surface area (TPSA) is 61.5 Å². The van der Waals surface area contributed by atoms with Crippen LogP contribution >= 0.6 is 35.0 Å². The zero-order valence-corrected chi connectivity index (χ0v) is 10.3. The van der Waals surface area contributed by atoms with Crippen LogP contribution in [0.2, 0.25) is 10.0 Å². The Hall–Kier alpha value is -0.910. The first-order chi connectivity index (χ1) is 7.66. The number of hydrogen-bond acceptors (Lipinski definition) is 3. The van der Waals surface area contributed by atoms with Gasteiger partial charge in [-0.2, -0.15) is 5.10 Å². The Morgan fingerprint density at radius 3 is 2.56 bits per heavy atom. The molecule has 0 unspecified atom stereocenters. The first-order valence-electron chi connectivity index (χ1n) is 4.37. The molecule has 0 bridgehead atoms. The van der Waals surface area contributed by atoms with Gasteiger partial charge in [0, 0.05) is 4.90 Å². The molecule has 0 fully saturated rings. The number of thioether (sulfide) groups is 1. The average Bonchev–Trinajstić information content (AvgIpc) is 2.63. The summed E-state index contributed by atoms with van der Waals surface area (Å²) in [7, 11) is 0. The third-order valence-electron chi connectivity index (χ3n) is 1.82. The van der Waals surface area contributed by atoms with Crippen molar-refractivity contribution >= 4 is 35.0 Å². The van der Waals surface area contributed by atoms with Crippen molar-refractivity contribution in [2.75, 3.05) is 0 Å². The summed E-state index contributed by atoms with van der Waals surface area (Å²) in [5, 5.41) is 7.27. The minimum Gasteiger partial charge on any atom is -0.292 e. The van der Waals surface area contributed by atoms with Crippen molar-refractivity contribution in [3.05, 3.63) is 44.6 Å². The molecule has 0 amide bonds. The molecular formula is C9H7Cl2N3OS. The highest BCUT2D eigenvalue weighted by Gasteiger charge is 2.07. The predicted molar refractivity (Wildman–Crippen MR) is 65.2 cm³/mol. The molecule has 1 aromatic carbocycles. The summed E-state index contributed by atoms with van der Waals surface area (Å²) in [6.07, 6.45) is 0. The summed E-state index contributed by atoms with van der Waals surface area (Å²) in [6, 6.07) is 5.32. The Balaban J connectivity index is 2.13. The van der Waals surface area contributed by atoms with Gasteiger partial charge in [0.25, 0.3) is 0 Å². The van der Waals surface area contributed by atoms with Gasteiger partial charge in [-0.25, -0.2) is 9.89 Å². The van der Waals surface area contributed by atoms with Gasteiger partial charge in [-0.05, 0) is 12.1 Å². The molecule has 16 heavy (non-hydrogen) atoms. The van der Waals surface area contributed by atoms with Crippen molar-refractivity contribution in [3.8, 4) is 0 Å². The van der Waals surface area contributed by atoms with Crippen LogP contribution in [0.3, 0.4) is 0 Å². The van der Waals surface area contributed by atoms with Gasteiger partial charge < -0.3 is 0 Å². The van der Waals surface area contributed by atoms with Crippen LogP contribution in [0.15, 0.2) is 27.9 Å². The number of H-pyrrole nitrogens is 2. The fourth-order valence-corrected chi connectivity index (χ4v) is 2.69. The Kier molecular flexibility index (Phi) is 3.58. The molecule has 0 saturated carbocycles. The van der Waals surface area contributed by atoms with Gasteiger partial charge in [0.15, 0.2) is 0 Å². The molecule has 4 nitrogen and oxygen atoms in total. The lowest BCUT2D eigenvalue weighted by Crippen LogP contribution is -2.00. The monoisotopic (exact) mass is 275 g/mol. The van der Waals surface area contributed by atoms with Crippen LogP contribution in [0.4, 0.5) is 0 Å². The number of hydrogen-bond donors (Lipinski definition) is 2. The van der Waals surface area contributed by atoms with Gasteiger partial charge in [0.1, 0.15) is 5.82 Å². The number of benzene rings is 1. The van der Waals surface area contributed by atoms with E-state index in [0.717, 1.165) is 4.90 Å². The van der Waals surface area contributed by atoms with Crippen molar-refractivity contribution < 1.29 is 0 Å². The van der Waals surface area contributed by atoms with E-state index in [0.29, 0.717) is 21.6 Å². The molecule has 2 aromatic rings. The van der Waals surface area contributed by atoms with Crippen LogP contribution in [-0.4, -0.2) is 15.2 Å². The second kappa shape index (κ2) is 4.95. The molecule has 0 saturated heterocycles. The molecule has 0 aliphatic carbocycles. The van der Waals surface area contributed by atoms with Crippen LogP contribution < -0.4 is 5.69 Å². The molecule has 1 aromatic heterocycles. The quantitative estimate of drug-likeness (QED) is 0.847. The van der Waals surface area contributed by atoms with Crippen LogP contribution in [-0.2, 0) is 5.75 Å². The molecule has 0 aliphatic heterocycles. The zero-order valence-electron chi connectivity index (χ0n) is 7.96. The summed E-state index contributed by atoms with van der Waals surface area (Å²) in [5.41, 5.74) is -0.319. The summed E-state index contributed by atoms with van der Waals surface area (Å²) in [5.74, 6) is 1.06. The Morgan fingerprint density at radius 2 is 2.00 bits per heavy atom. The Bertz CT molecular complexity index is 531. The minimum absolute atomic E-state index is 0.319. The third-order valence-corrected chi connectivity index (χ3v) is 3.82. The largest absolute Gasteiger partial charge is 0.340 e. The van der Waals surface area contributed by atoms with Crippen LogP contribution in [0.5, 0.6) is 0 Å². The van der Waals surface area contributed by atoms with E-state index >= 15 is 0 Å². The van der Waals surface area contributed by atoms with Gasteiger partial charge >= 0.3 is 5.69 Å². The van der Waals surface area contributed by atoms with E-state index in [1.54, 1.807) is 18.2 Å². The van der Waals surface area contributed by atoms with E-state index in [2.05, 4.69) is 15.2 Å². The van der Waals surface area contributed by atoms with Gasteiger partial charge in [-0.3, -0.25) is 4.98 Å². The number of aromatic nitrogens is 3. The maximum Gasteiger partial charge on any atom is 0.340 e. The highest BCUT2D eigenvalue weighted by atomic mass is 35.5. The average molecular weight is 276 g/mol. The molecule has 2 rings (SSSR count). The molecule has 0 atom stereocenters. The maximum atomic E-state index is 10.8. The van der Waals surface area contributed by atoms with Crippen molar-refractivity contribution in [2.24, 2.45) is 0 Å². The molecule has 1 heterocycles. The van der Waals surface area contributed by atoms with Crippen LogP contribution in [0, 0.1) is 0 Å². The number of nitrogens with zero attached hydrogens (tertiary/aromatic N) is 1. The number of nitrogens with one attached hydrogen (secondary N) is 2. The van der Waals surface area contributed by atoms with E-state index in [4.69, 9.17) is 23.2 Å². The smallest absolute Gasteiger partial charge is 0.292 e. The van der Waals surface area contributed by atoms with E-state index in [9.17, 15) is 4.79 Å². The van der Waals surface area contributed by atoms with Crippen molar-refractivity contribution in [3.63, 3.8) is 0 Å². The summed E-state index contributed by atoms with van der Waals surface area (Å²) in [4.78, 5) is 14.1. The lowest BCUT2D eigenvalue weighted by Gasteiger charge is -2.04. The lowest BCUT2D eigenvalue weighted by atomic mass is 10.4. The maximum absolute atomic E-state index is 10.8. The SMILES string of the molecule is O=c1[nH]nc(CSc2c(Cl)cccc2Cl)[nH]1. The molecule has 7 heteroatoms. The fraction of sp³-hybridized carbons (Fsp3) is 0.111. The highest BCUT2D eigenvalue weighted by Crippen LogP contribution is 2.34. The molecular weight excluding hydrogens is 269 g/mol. The summed E-state index contributed by atoms with van der Waals surface area (Å²) in [6.45, 7) is 0. The number of rotatable bonds is 3. The summed E-state index contributed by atoms with van der Waals surface area (Å²) >= 11 is 13.4. The van der Waals surface area contributed by atoms with E-state index in [1.807, 2.05) is 0 Å². The van der Waals surface area contributed by atoms with E-state index in [1.165, 1.54) is 11.8 Å². The molecule has 0 spiro atoms. The minimum atomic E-state index is -0.319. The fourth-order valence-electron chi connectivity index (χ4n) is 1.13. The van der Waals surface area contributed by atoms with Crippen LogP contribution in [0.1, 0.15) is 5.82 Å². The molecule has 84 valence electrons. The van der Waals surface area contributed by atoms with Crippen molar-refractivity contribution in [1.82, 2.24) is 15.2 Å². The second-order valence-electron chi connectivity index (χ2n) is 2.96. The third kappa shape index (κ3) is 2.61. The first kappa shape index (κ1) is 11.6. The molecule has 0 radical (unpaired) electrons. The lowest BCUT2D eigenvalue weighted by molar-refractivity contribution is 1.01. The number of halogens is 2. The van der Waals surface area contributed by atoms with Crippen molar-refractivity contribution in [1.29, 1.82) is 0 Å². The molecule has 0 aliphatic rings. The van der Waals surface area contributed by atoms with Gasteiger partial charge in [0.2, 0.25) is 0 Å². The predicted octanol–water partition coefficient (Wildman–Crippen LogP) is 2.70. The summed E-state index contributed by atoms with van der Waals surface area (Å²) < 4.78 is 0. The first-order valence-corrected chi connectivity index (χ1v) is 6.11. The standard InChI is InChI=1S/C9H7Cl2N3OS/c10-5-2-1-3-6(11)8(5)16-4-7-12-9(15)14-13-7/h1-3H,4H2,(H2,12,13,14,15). The van der Waals surface area contributed by atoms with Gasteiger partial charge in [-0.1, -0.05) is 29.3 Å². The van der Waals surface area contributed by atoms with Crippen LogP contribution in [0.25, 0.3) is 0 Å². The van der Waals surface area contributed by atoms with Crippen molar-refractivity contribution in [2.45, 2.75) is 10.6 Å². The zero-order chi connectivity index (χ0) is 11.5.